The minimum absolute atomic E-state index is 1.01. The summed E-state index contributed by atoms with van der Waals surface area (Å²) < 4.78 is 5.10. The molecule has 2 aliphatic rings. The third-order valence-corrected chi connectivity index (χ3v) is 9.85. The molecule has 0 unspecified atom stereocenters. The van der Waals surface area contributed by atoms with Crippen molar-refractivity contribution in [1.82, 2.24) is 8.80 Å². The fraction of sp³-hybridized carbons (Fsp3) is 0.0526. The summed E-state index contributed by atoms with van der Waals surface area (Å²) in [6.07, 6.45) is 2.03. The van der Waals surface area contributed by atoms with E-state index in [-0.39, 0.29) is 0 Å². The molecule has 0 saturated heterocycles. The molecule has 11 rings (SSSR count). The number of aromatic nitrogens is 2. The van der Waals surface area contributed by atoms with E-state index in [1.54, 1.807) is 0 Å². The molecule has 9 aromatic rings. The van der Waals surface area contributed by atoms with Crippen molar-refractivity contribution in [3.63, 3.8) is 0 Å². The van der Waals surface area contributed by atoms with Gasteiger partial charge in [-0.1, -0.05) is 84.9 Å². The SMILES string of the molecule is c1ccc2c(c1)Cc1ccc3c(c1-2)c1cccc2c1n3c1cccc3c4c5c(ccc4n2c31)Cc1ccccc1-5. The molecule has 0 aliphatic heterocycles. The van der Waals surface area contributed by atoms with E-state index in [0.29, 0.717) is 0 Å². The van der Waals surface area contributed by atoms with Crippen LogP contribution in [0.4, 0.5) is 0 Å². The topological polar surface area (TPSA) is 8.82 Å². The summed E-state index contributed by atoms with van der Waals surface area (Å²) in [5, 5.41) is 5.47. The maximum Gasteiger partial charge on any atom is 0.0783 e. The zero-order valence-electron chi connectivity index (χ0n) is 21.7. The van der Waals surface area contributed by atoms with Crippen LogP contribution in [0.15, 0.2) is 109 Å². The number of benzene rings is 6. The van der Waals surface area contributed by atoms with E-state index in [0.717, 1.165) is 12.8 Å². The van der Waals surface area contributed by atoms with E-state index in [2.05, 4.69) is 118 Å². The zero-order chi connectivity index (χ0) is 25.7. The summed E-state index contributed by atoms with van der Waals surface area (Å²) in [5.74, 6) is 0. The second-order valence-electron chi connectivity index (χ2n) is 11.7. The Bertz CT molecular complexity index is 2410. The quantitative estimate of drug-likeness (QED) is 0.181. The maximum absolute atomic E-state index is 2.55. The first-order valence-corrected chi connectivity index (χ1v) is 14.2. The molecule has 0 radical (unpaired) electrons. The molecule has 184 valence electrons. The summed E-state index contributed by atoms with van der Waals surface area (Å²) in [6, 6.07) is 41.2. The minimum Gasteiger partial charge on any atom is -0.305 e. The van der Waals surface area contributed by atoms with Crippen LogP contribution in [-0.2, 0) is 12.8 Å². The Morgan fingerprint density at radius 1 is 0.375 bits per heavy atom. The molecule has 40 heavy (non-hydrogen) atoms. The first-order valence-electron chi connectivity index (χ1n) is 14.2. The van der Waals surface area contributed by atoms with Gasteiger partial charge in [0.2, 0.25) is 0 Å². The van der Waals surface area contributed by atoms with Gasteiger partial charge in [0, 0.05) is 21.5 Å². The zero-order valence-corrected chi connectivity index (χ0v) is 21.7. The number of hydrogen-bond donors (Lipinski definition) is 0. The number of rotatable bonds is 0. The highest BCUT2D eigenvalue weighted by molar-refractivity contribution is 6.26. The molecule has 0 atom stereocenters. The molecular weight excluding hydrogens is 484 g/mol. The molecule has 2 aliphatic carbocycles. The molecule has 3 heterocycles. The Balaban J connectivity index is 1.41. The lowest BCUT2D eigenvalue weighted by molar-refractivity contribution is 1.24. The molecule has 2 heteroatoms. The van der Waals surface area contributed by atoms with Crippen molar-refractivity contribution in [1.29, 1.82) is 0 Å². The lowest BCUT2D eigenvalue weighted by Crippen LogP contribution is -1.96. The highest BCUT2D eigenvalue weighted by Crippen LogP contribution is 2.49. The molecule has 0 bridgehead atoms. The Kier molecular flexibility index (Phi) is 3.26. The van der Waals surface area contributed by atoms with Crippen molar-refractivity contribution in [3.05, 3.63) is 131 Å². The van der Waals surface area contributed by atoms with Gasteiger partial charge in [0.15, 0.2) is 0 Å². The van der Waals surface area contributed by atoms with Crippen molar-refractivity contribution in [2.24, 2.45) is 0 Å². The molecule has 0 N–H and O–H groups in total. The number of fused-ring (bicyclic) bond motifs is 16. The smallest absolute Gasteiger partial charge is 0.0783 e. The molecule has 0 spiro atoms. The fourth-order valence-electron chi connectivity index (χ4n) is 8.38. The van der Waals surface area contributed by atoms with Crippen LogP contribution in [0.1, 0.15) is 22.3 Å². The van der Waals surface area contributed by atoms with Crippen molar-refractivity contribution < 1.29 is 0 Å². The van der Waals surface area contributed by atoms with Gasteiger partial charge in [-0.15, -0.1) is 0 Å². The van der Waals surface area contributed by atoms with Gasteiger partial charge in [-0.3, -0.25) is 0 Å². The van der Waals surface area contributed by atoms with Crippen molar-refractivity contribution >= 4 is 54.6 Å². The molecule has 0 fully saturated rings. The van der Waals surface area contributed by atoms with Crippen LogP contribution in [0.2, 0.25) is 0 Å². The fourth-order valence-corrected chi connectivity index (χ4v) is 8.38. The largest absolute Gasteiger partial charge is 0.305 e. The molecule has 2 nitrogen and oxygen atoms in total. The molecule has 3 aromatic heterocycles. The number of nitrogens with zero attached hydrogens (tertiary/aromatic N) is 2. The molecule has 6 aromatic carbocycles. The Morgan fingerprint density at radius 2 is 0.850 bits per heavy atom. The van der Waals surface area contributed by atoms with Gasteiger partial charge in [-0.05, 0) is 81.6 Å². The lowest BCUT2D eigenvalue weighted by atomic mass is 9.99. The van der Waals surface area contributed by atoms with Gasteiger partial charge < -0.3 is 8.80 Å². The highest BCUT2D eigenvalue weighted by Gasteiger charge is 2.28. The van der Waals surface area contributed by atoms with Crippen LogP contribution in [0.3, 0.4) is 0 Å². The normalized spacial score (nSPS) is 13.8. The summed E-state index contributed by atoms with van der Waals surface area (Å²) in [6.45, 7) is 0. The van der Waals surface area contributed by atoms with Crippen LogP contribution in [0, 0.1) is 0 Å². The maximum atomic E-state index is 2.55. The second kappa shape index (κ2) is 6.55. The third kappa shape index (κ3) is 2.08. The molecular formula is C38H22N2. The van der Waals surface area contributed by atoms with Gasteiger partial charge in [0.05, 0.1) is 33.1 Å². The summed E-state index contributed by atoms with van der Waals surface area (Å²) in [5.41, 5.74) is 19.2. The standard InChI is InChI=1S/C38H22N2/c1-3-9-25-21(7-1)19-23-15-17-29-35(33(23)25)27-11-5-13-31-37(27)39(29)32-14-6-12-28-36-30(40(31)38(28)32)18-16-24-20-22-8-2-4-10-26(22)34(24)36/h1-18H,19-20H2. The number of hydrogen-bond acceptors (Lipinski definition) is 0. The number of para-hydroxylation sites is 2. The van der Waals surface area contributed by atoms with E-state index in [1.165, 1.54) is 99.2 Å². The minimum atomic E-state index is 1.01. The third-order valence-electron chi connectivity index (χ3n) is 9.85. The van der Waals surface area contributed by atoms with Crippen molar-refractivity contribution in [2.45, 2.75) is 12.8 Å². The van der Waals surface area contributed by atoms with Crippen molar-refractivity contribution in [3.8, 4) is 22.3 Å². The van der Waals surface area contributed by atoms with Gasteiger partial charge in [-0.25, -0.2) is 0 Å². The van der Waals surface area contributed by atoms with E-state index in [9.17, 15) is 0 Å². The predicted molar refractivity (Wildman–Crippen MR) is 166 cm³/mol. The molecule has 0 amide bonds. The van der Waals surface area contributed by atoms with Gasteiger partial charge >= 0.3 is 0 Å². The van der Waals surface area contributed by atoms with Crippen LogP contribution >= 0.6 is 0 Å². The van der Waals surface area contributed by atoms with E-state index >= 15 is 0 Å². The van der Waals surface area contributed by atoms with E-state index in [4.69, 9.17) is 0 Å². The summed E-state index contributed by atoms with van der Waals surface area (Å²) >= 11 is 0. The second-order valence-corrected chi connectivity index (χ2v) is 11.7. The van der Waals surface area contributed by atoms with Crippen LogP contribution in [-0.4, -0.2) is 8.80 Å². The first-order chi connectivity index (χ1) is 19.9. The monoisotopic (exact) mass is 506 g/mol. The summed E-state index contributed by atoms with van der Waals surface area (Å²) in [7, 11) is 0. The summed E-state index contributed by atoms with van der Waals surface area (Å²) in [4.78, 5) is 0. The lowest BCUT2D eigenvalue weighted by Gasteiger charge is -2.11. The average Bonchev–Trinajstić information content (AvgIpc) is 3.74. The van der Waals surface area contributed by atoms with Gasteiger partial charge in [0.25, 0.3) is 0 Å². The van der Waals surface area contributed by atoms with Crippen LogP contribution < -0.4 is 0 Å². The van der Waals surface area contributed by atoms with Gasteiger partial charge in [-0.2, -0.15) is 0 Å². The van der Waals surface area contributed by atoms with E-state index in [1.807, 2.05) is 0 Å². The van der Waals surface area contributed by atoms with Crippen molar-refractivity contribution in [2.75, 3.05) is 0 Å². The first kappa shape index (κ1) is 19.9. The Morgan fingerprint density at radius 3 is 1.35 bits per heavy atom. The highest BCUT2D eigenvalue weighted by atomic mass is 15.0. The predicted octanol–water partition coefficient (Wildman–Crippen LogP) is 9.38. The Labute approximate surface area is 229 Å². The van der Waals surface area contributed by atoms with Crippen LogP contribution in [0.25, 0.3) is 76.9 Å². The Hall–Kier alpha value is -5.08. The van der Waals surface area contributed by atoms with Gasteiger partial charge in [0.1, 0.15) is 0 Å². The molecule has 0 saturated carbocycles. The average molecular weight is 507 g/mol. The van der Waals surface area contributed by atoms with E-state index < -0.39 is 0 Å². The van der Waals surface area contributed by atoms with Crippen LogP contribution in [0.5, 0.6) is 0 Å².